The maximum atomic E-state index is 13.6. The molecular weight excluding hydrogens is 452 g/mol. The molecule has 0 saturated heterocycles. The van der Waals surface area contributed by atoms with E-state index >= 15 is 0 Å². The largest absolute Gasteiger partial charge is 0.495 e. The number of fused-ring (bicyclic) bond motifs is 3. The number of aryl methyl sites for hydroxylation is 2. The maximum absolute atomic E-state index is 13.6. The molecule has 0 fully saturated rings. The quantitative estimate of drug-likeness (QED) is 0.394. The molecule has 1 N–H and O–H groups in total. The number of carbonyl (C=O) groups excluding carboxylic acids is 1. The summed E-state index contributed by atoms with van der Waals surface area (Å²) in [6.07, 6.45) is 0. The lowest BCUT2D eigenvalue weighted by Crippen LogP contribution is -2.27. The summed E-state index contributed by atoms with van der Waals surface area (Å²) in [5.74, 6) is -0.0263. The van der Waals surface area contributed by atoms with Crippen LogP contribution in [0.3, 0.4) is 0 Å². The number of benzene rings is 3. The fourth-order valence-electron chi connectivity index (χ4n) is 4.16. The summed E-state index contributed by atoms with van der Waals surface area (Å²) >= 11 is 6.15. The molecule has 170 valence electrons. The lowest BCUT2D eigenvalue weighted by Gasteiger charge is -2.13. The second kappa shape index (κ2) is 8.35. The predicted molar refractivity (Wildman–Crippen MR) is 135 cm³/mol. The Balaban J connectivity index is 1.79. The topological polar surface area (TPSA) is 78.2 Å². The number of hydrogen-bond acceptors (Lipinski definition) is 4. The summed E-state index contributed by atoms with van der Waals surface area (Å²) in [6, 6.07) is 19.9. The highest BCUT2D eigenvalue weighted by atomic mass is 35.5. The SMILES string of the molecule is COc1ccc(Cl)cc1NC(=O)c1nn(-c2ccc(C)cc2)c(=O)c2c1c1ccccc1n2C. The molecule has 0 aliphatic rings. The molecule has 2 heterocycles. The second-order valence-corrected chi connectivity index (χ2v) is 8.44. The van der Waals surface area contributed by atoms with Gasteiger partial charge in [0.1, 0.15) is 11.3 Å². The molecule has 8 heteroatoms. The highest BCUT2D eigenvalue weighted by molar-refractivity contribution is 6.31. The molecule has 5 rings (SSSR count). The summed E-state index contributed by atoms with van der Waals surface area (Å²) in [6.45, 7) is 1.96. The van der Waals surface area contributed by atoms with Crippen LogP contribution in [0.25, 0.3) is 27.5 Å². The van der Waals surface area contributed by atoms with E-state index in [1.807, 2.05) is 50.4 Å². The normalized spacial score (nSPS) is 11.2. The van der Waals surface area contributed by atoms with Gasteiger partial charge in [0.2, 0.25) is 0 Å². The molecule has 0 spiro atoms. The zero-order chi connectivity index (χ0) is 24.0. The van der Waals surface area contributed by atoms with E-state index in [1.54, 1.807) is 34.9 Å². The van der Waals surface area contributed by atoms with Gasteiger partial charge in [-0.15, -0.1) is 0 Å². The van der Waals surface area contributed by atoms with Gasteiger partial charge in [0.05, 0.1) is 18.5 Å². The average molecular weight is 473 g/mol. The van der Waals surface area contributed by atoms with E-state index in [0.717, 1.165) is 16.5 Å². The van der Waals surface area contributed by atoms with Crippen LogP contribution in [0.15, 0.2) is 71.5 Å². The fraction of sp³-hybridized carbons (Fsp3) is 0.115. The van der Waals surface area contributed by atoms with Crippen molar-refractivity contribution in [3.63, 3.8) is 0 Å². The van der Waals surface area contributed by atoms with Crippen LogP contribution in [0.4, 0.5) is 5.69 Å². The molecular formula is C26H21ClN4O3. The fourth-order valence-corrected chi connectivity index (χ4v) is 4.33. The molecule has 0 saturated carbocycles. The summed E-state index contributed by atoms with van der Waals surface area (Å²) in [5.41, 5.74) is 3.05. The van der Waals surface area contributed by atoms with Crippen LogP contribution in [0.5, 0.6) is 5.75 Å². The third-order valence-corrected chi connectivity index (χ3v) is 6.08. The monoisotopic (exact) mass is 472 g/mol. The molecule has 2 aromatic heterocycles. The number of aromatic nitrogens is 3. The average Bonchev–Trinajstić information content (AvgIpc) is 3.13. The third kappa shape index (κ3) is 3.50. The van der Waals surface area contributed by atoms with E-state index in [1.165, 1.54) is 11.8 Å². The Morgan fingerprint density at radius 2 is 1.79 bits per heavy atom. The minimum absolute atomic E-state index is 0.119. The van der Waals surface area contributed by atoms with Gasteiger partial charge in [-0.05, 0) is 43.3 Å². The first-order valence-corrected chi connectivity index (χ1v) is 11.0. The Morgan fingerprint density at radius 3 is 2.53 bits per heavy atom. The van der Waals surface area contributed by atoms with Crippen LogP contribution in [0.2, 0.25) is 5.02 Å². The minimum atomic E-state index is -0.484. The van der Waals surface area contributed by atoms with Crippen molar-refractivity contribution >= 4 is 45.0 Å². The van der Waals surface area contributed by atoms with Gasteiger partial charge in [0, 0.05) is 28.4 Å². The number of anilines is 1. The molecule has 0 atom stereocenters. The molecule has 0 bridgehead atoms. The number of carbonyl (C=O) groups is 1. The van der Waals surface area contributed by atoms with E-state index in [-0.39, 0.29) is 11.3 Å². The Hall–Kier alpha value is -4.10. The van der Waals surface area contributed by atoms with Gasteiger partial charge in [-0.2, -0.15) is 9.78 Å². The van der Waals surface area contributed by atoms with E-state index in [4.69, 9.17) is 16.3 Å². The zero-order valence-electron chi connectivity index (χ0n) is 18.8. The maximum Gasteiger partial charge on any atom is 0.296 e. The molecule has 0 unspecified atom stereocenters. The van der Waals surface area contributed by atoms with Gasteiger partial charge in [0.25, 0.3) is 11.5 Å². The Morgan fingerprint density at radius 1 is 1.06 bits per heavy atom. The number of halogens is 1. The first kappa shape index (κ1) is 21.7. The van der Waals surface area contributed by atoms with Gasteiger partial charge in [-0.3, -0.25) is 9.59 Å². The van der Waals surface area contributed by atoms with Crippen LogP contribution in [-0.4, -0.2) is 27.4 Å². The summed E-state index contributed by atoms with van der Waals surface area (Å²) in [4.78, 5) is 27.2. The van der Waals surface area contributed by atoms with Crippen LogP contribution in [0.1, 0.15) is 16.1 Å². The summed E-state index contributed by atoms with van der Waals surface area (Å²) < 4.78 is 8.44. The number of methoxy groups -OCH3 is 1. The summed E-state index contributed by atoms with van der Waals surface area (Å²) in [7, 11) is 3.32. The minimum Gasteiger partial charge on any atom is -0.495 e. The number of hydrogen-bond donors (Lipinski definition) is 1. The lowest BCUT2D eigenvalue weighted by molar-refractivity contribution is 0.102. The van der Waals surface area contributed by atoms with Gasteiger partial charge in [-0.25, -0.2) is 0 Å². The molecule has 7 nitrogen and oxygen atoms in total. The number of para-hydroxylation sites is 1. The molecule has 1 amide bonds. The van der Waals surface area contributed by atoms with Crippen molar-refractivity contribution in [3.05, 3.63) is 93.4 Å². The van der Waals surface area contributed by atoms with Crippen LogP contribution in [-0.2, 0) is 7.05 Å². The second-order valence-electron chi connectivity index (χ2n) is 8.00. The molecule has 0 radical (unpaired) electrons. The van der Waals surface area contributed by atoms with Crippen LogP contribution < -0.4 is 15.6 Å². The number of nitrogens with zero attached hydrogens (tertiary/aromatic N) is 3. The predicted octanol–water partition coefficient (Wildman–Crippen LogP) is 5.10. The van der Waals surface area contributed by atoms with Gasteiger partial charge < -0.3 is 14.6 Å². The summed E-state index contributed by atoms with van der Waals surface area (Å²) in [5, 5.41) is 9.11. The van der Waals surface area contributed by atoms with Crippen molar-refractivity contribution in [1.82, 2.24) is 14.3 Å². The molecule has 34 heavy (non-hydrogen) atoms. The molecule has 5 aromatic rings. The molecule has 0 aliphatic heterocycles. The molecule has 3 aromatic carbocycles. The Kier molecular flexibility index (Phi) is 5.34. The number of amides is 1. The Labute approximate surface area is 200 Å². The number of rotatable bonds is 4. The Bertz CT molecular complexity index is 1630. The first-order valence-electron chi connectivity index (χ1n) is 10.6. The van der Waals surface area contributed by atoms with Crippen molar-refractivity contribution < 1.29 is 9.53 Å². The first-order chi connectivity index (χ1) is 16.4. The van der Waals surface area contributed by atoms with Crippen molar-refractivity contribution in [2.45, 2.75) is 6.92 Å². The van der Waals surface area contributed by atoms with Gasteiger partial charge in [-0.1, -0.05) is 47.5 Å². The lowest BCUT2D eigenvalue weighted by atomic mass is 10.1. The highest BCUT2D eigenvalue weighted by Crippen LogP contribution is 2.31. The number of nitrogens with one attached hydrogen (secondary N) is 1. The van der Waals surface area contributed by atoms with Crippen molar-refractivity contribution in [2.24, 2.45) is 7.05 Å². The van der Waals surface area contributed by atoms with Gasteiger partial charge in [0.15, 0.2) is 5.69 Å². The zero-order valence-corrected chi connectivity index (χ0v) is 19.6. The third-order valence-electron chi connectivity index (χ3n) is 5.84. The van der Waals surface area contributed by atoms with Crippen LogP contribution >= 0.6 is 11.6 Å². The van der Waals surface area contributed by atoms with Crippen molar-refractivity contribution in [2.75, 3.05) is 12.4 Å². The molecule has 0 aliphatic carbocycles. The van der Waals surface area contributed by atoms with E-state index in [2.05, 4.69) is 10.4 Å². The van der Waals surface area contributed by atoms with Gasteiger partial charge >= 0.3 is 0 Å². The smallest absolute Gasteiger partial charge is 0.296 e. The standard InChI is InChI=1S/C26H21ClN4O3/c1-15-8-11-17(12-9-15)31-26(33)24-22(18-6-4-5-7-20(18)30(24)2)23(29-31)25(32)28-19-14-16(27)10-13-21(19)34-3/h4-14H,1-3H3,(H,28,32). The van der Waals surface area contributed by atoms with E-state index in [9.17, 15) is 9.59 Å². The van der Waals surface area contributed by atoms with Crippen molar-refractivity contribution in [1.29, 1.82) is 0 Å². The van der Waals surface area contributed by atoms with Crippen molar-refractivity contribution in [3.8, 4) is 11.4 Å². The number of ether oxygens (including phenoxy) is 1. The highest BCUT2D eigenvalue weighted by Gasteiger charge is 2.24. The van der Waals surface area contributed by atoms with Crippen LogP contribution in [0, 0.1) is 6.92 Å². The van der Waals surface area contributed by atoms with E-state index < -0.39 is 5.91 Å². The van der Waals surface area contributed by atoms with E-state index in [0.29, 0.717) is 33.0 Å².